The zero-order valence-electron chi connectivity index (χ0n) is 13.6. The molecule has 1 atom stereocenters. The number of rotatable bonds is 4. The minimum absolute atomic E-state index is 0.238. The van der Waals surface area contributed by atoms with Gasteiger partial charge in [-0.2, -0.15) is 0 Å². The van der Waals surface area contributed by atoms with Crippen molar-refractivity contribution < 1.29 is 9.53 Å². The predicted molar refractivity (Wildman–Crippen MR) is 99.3 cm³/mol. The molecule has 4 nitrogen and oxygen atoms in total. The molecule has 1 unspecified atom stereocenters. The van der Waals surface area contributed by atoms with Crippen LogP contribution in [-0.4, -0.2) is 17.0 Å². The molecular weight excluding hydrogens is 344 g/mol. The predicted octanol–water partition coefficient (Wildman–Crippen LogP) is 4.97. The lowest BCUT2D eigenvalue weighted by atomic mass is 10.2. The zero-order valence-corrected chi connectivity index (χ0v) is 15.2. The van der Waals surface area contributed by atoms with E-state index in [-0.39, 0.29) is 5.91 Å². The maximum Gasteiger partial charge on any atom is 0.266 e. The molecule has 0 saturated carbocycles. The third-order valence-corrected chi connectivity index (χ3v) is 4.94. The fourth-order valence-corrected chi connectivity index (χ4v) is 3.33. The second kappa shape index (κ2) is 6.79. The third-order valence-electron chi connectivity index (χ3n) is 3.59. The maximum absolute atomic E-state index is 12.3. The molecular formula is C18H17ClN2O2S. The minimum Gasteiger partial charge on any atom is -0.481 e. The van der Waals surface area contributed by atoms with E-state index in [1.54, 1.807) is 19.1 Å². The molecule has 6 heteroatoms. The van der Waals surface area contributed by atoms with Gasteiger partial charge in [0, 0.05) is 5.02 Å². The first-order valence-corrected chi connectivity index (χ1v) is 8.72. The lowest BCUT2D eigenvalue weighted by molar-refractivity contribution is -0.122. The summed E-state index contributed by atoms with van der Waals surface area (Å²) in [4.78, 5) is 16.7. The van der Waals surface area contributed by atoms with Crippen molar-refractivity contribution in [2.45, 2.75) is 26.9 Å². The number of hydrogen-bond donors (Lipinski definition) is 1. The number of nitrogens with zero attached hydrogens (tertiary/aromatic N) is 1. The third kappa shape index (κ3) is 3.68. The Morgan fingerprint density at radius 2 is 2.04 bits per heavy atom. The lowest BCUT2D eigenvalue weighted by Crippen LogP contribution is -2.30. The highest BCUT2D eigenvalue weighted by molar-refractivity contribution is 7.22. The van der Waals surface area contributed by atoms with Gasteiger partial charge in [0.1, 0.15) is 5.75 Å². The molecule has 3 rings (SSSR count). The monoisotopic (exact) mass is 360 g/mol. The van der Waals surface area contributed by atoms with Crippen LogP contribution in [0.3, 0.4) is 0 Å². The number of anilines is 1. The van der Waals surface area contributed by atoms with E-state index in [9.17, 15) is 4.79 Å². The number of thiazole rings is 1. The minimum atomic E-state index is -0.640. The summed E-state index contributed by atoms with van der Waals surface area (Å²) in [5, 5.41) is 4.06. The summed E-state index contributed by atoms with van der Waals surface area (Å²) in [6.07, 6.45) is -0.640. The molecule has 0 spiro atoms. The van der Waals surface area contributed by atoms with Crippen molar-refractivity contribution in [3.8, 4) is 5.75 Å². The molecule has 1 N–H and O–H groups in total. The number of benzene rings is 2. The SMILES string of the molecule is Cc1ccc2nc(NC(=O)C(C)Oc3ccc(Cl)c(C)c3)sc2c1. The van der Waals surface area contributed by atoms with Crippen molar-refractivity contribution in [3.05, 3.63) is 52.5 Å². The average Bonchev–Trinajstić information content (AvgIpc) is 2.92. The van der Waals surface area contributed by atoms with E-state index < -0.39 is 6.10 Å². The Hall–Kier alpha value is -2.11. The largest absolute Gasteiger partial charge is 0.481 e. The topological polar surface area (TPSA) is 51.2 Å². The number of aryl methyl sites for hydroxylation is 2. The molecule has 2 aromatic carbocycles. The Morgan fingerprint density at radius 1 is 1.25 bits per heavy atom. The van der Waals surface area contributed by atoms with Gasteiger partial charge >= 0.3 is 0 Å². The van der Waals surface area contributed by atoms with Crippen molar-refractivity contribution in [1.29, 1.82) is 0 Å². The van der Waals surface area contributed by atoms with Gasteiger partial charge in [-0.1, -0.05) is 29.0 Å². The summed E-state index contributed by atoms with van der Waals surface area (Å²) in [6, 6.07) is 11.3. The quantitative estimate of drug-likeness (QED) is 0.714. The summed E-state index contributed by atoms with van der Waals surface area (Å²) in [6.45, 7) is 5.63. The van der Waals surface area contributed by atoms with E-state index in [0.717, 1.165) is 15.8 Å². The van der Waals surface area contributed by atoms with Crippen molar-refractivity contribution in [1.82, 2.24) is 4.98 Å². The maximum atomic E-state index is 12.3. The molecule has 1 aromatic heterocycles. The van der Waals surface area contributed by atoms with E-state index in [1.807, 2.05) is 32.0 Å². The summed E-state index contributed by atoms with van der Waals surface area (Å²) >= 11 is 7.45. The molecule has 0 bridgehead atoms. The van der Waals surface area contributed by atoms with Gasteiger partial charge in [-0.3, -0.25) is 10.1 Å². The van der Waals surface area contributed by atoms with Gasteiger partial charge in [0.2, 0.25) is 0 Å². The Kier molecular flexibility index (Phi) is 4.73. The molecule has 1 heterocycles. The summed E-state index contributed by atoms with van der Waals surface area (Å²) < 4.78 is 6.73. The first-order chi connectivity index (χ1) is 11.4. The Balaban J connectivity index is 1.69. The summed E-state index contributed by atoms with van der Waals surface area (Å²) in [5.74, 6) is 0.373. The average molecular weight is 361 g/mol. The number of nitrogens with one attached hydrogen (secondary N) is 1. The number of carbonyl (C=O) groups is 1. The highest BCUT2D eigenvalue weighted by atomic mass is 35.5. The van der Waals surface area contributed by atoms with Crippen LogP contribution in [-0.2, 0) is 4.79 Å². The lowest BCUT2D eigenvalue weighted by Gasteiger charge is -2.14. The first kappa shape index (κ1) is 16.7. The number of amides is 1. The molecule has 0 aliphatic heterocycles. The van der Waals surface area contributed by atoms with Gasteiger partial charge in [0.15, 0.2) is 11.2 Å². The van der Waals surface area contributed by atoms with E-state index in [2.05, 4.69) is 16.4 Å². The summed E-state index contributed by atoms with van der Waals surface area (Å²) in [7, 11) is 0. The van der Waals surface area contributed by atoms with E-state index >= 15 is 0 Å². The number of aromatic nitrogens is 1. The van der Waals surface area contributed by atoms with Crippen LogP contribution >= 0.6 is 22.9 Å². The van der Waals surface area contributed by atoms with Crippen molar-refractivity contribution in [2.75, 3.05) is 5.32 Å². The van der Waals surface area contributed by atoms with Crippen LogP contribution in [0.5, 0.6) is 5.75 Å². The van der Waals surface area contributed by atoms with E-state index in [1.165, 1.54) is 16.9 Å². The first-order valence-electron chi connectivity index (χ1n) is 7.53. The molecule has 0 aliphatic rings. The van der Waals surface area contributed by atoms with Crippen molar-refractivity contribution >= 4 is 44.2 Å². The molecule has 124 valence electrons. The van der Waals surface area contributed by atoms with Gasteiger partial charge < -0.3 is 4.74 Å². The van der Waals surface area contributed by atoms with Crippen LogP contribution in [0.25, 0.3) is 10.2 Å². The molecule has 0 fully saturated rings. The highest BCUT2D eigenvalue weighted by Crippen LogP contribution is 2.27. The normalized spacial score (nSPS) is 12.2. The number of fused-ring (bicyclic) bond motifs is 1. The number of carbonyl (C=O) groups excluding carboxylic acids is 1. The van der Waals surface area contributed by atoms with E-state index in [0.29, 0.717) is 15.9 Å². The second-order valence-electron chi connectivity index (χ2n) is 5.65. The van der Waals surface area contributed by atoms with Gasteiger partial charge in [0.25, 0.3) is 5.91 Å². The standard InChI is InChI=1S/C18H17ClN2O2S/c1-10-4-7-15-16(8-10)24-18(20-15)21-17(22)12(3)23-13-5-6-14(19)11(2)9-13/h4-9,12H,1-3H3,(H,20,21,22). The van der Waals surface area contributed by atoms with Gasteiger partial charge in [-0.15, -0.1) is 0 Å². The number of halogens is 1. The van der Waals surface area contributed by atoms with Crippen LogP contribution < -0.4 is 10.1 Å². The van der Waals surface area contributed by atoms with Crippen LogP contribution in [0.15, 0.2) is 36.4 Å². The van der Waals surface area contributed by atoms with Crippen LogP contribution in [0.1, 0.15) is 18.1 Å². The molecule has 0 saturated heterocycles. The smallest absolute Gasteiger partial charge is 0.266 e. The fraction of sp³-hybridized carbons (Fsp3) is 0.222. The number of ether oxygens (including phenoxy) is 1. The molecule has 0 radical (unpaired) electrons. The molecule has 1 amide bonds. The van der Waals surface area contributed by atoms with Crippen LogP contribution in [0.4, 0.5) is 5.13 Å². The van der Waals surface area contributed by atoms with Crippen molar-refractivity contribution in [2.24, 2.45) is 0 Å². The number of hydrogen-bond acceptors (Lipinski definition) is 4. The summed E-state index contributed by atoms with van der Waals surface area (Å²) in [5.41, 5.74) is 2.95. The van der Waals surface area contributed by atoms with E-state index in [4.69, 9.17) is 16.3 Å². The highest BCUT2D eigenvalue weighted by Gasteiger charge is 2.17. The van der Waals surface area contributed by atoms with Gasteiger partial charge in [0.05, 0.1) is 10.2 Å². The van der Waals surface area contributed by atoms with Crippen LogP contribution in [0.2, 0.25) is 5.02 Å². The Morgan fingerprint density at radius 3 is 2.79 bits per heavy atom. The molecule has 24 heavy (non-hydrogen) atoms. The van der Waals surface area contributed by atoms with Crippen LogP contribution in [0, 0.1) is 13.8 Å². The van der Waals surface area contributed by atoms with Gasteiger partial charge in [-0.05, 0) is 62.2 Å². The van der Waals surface area contributed by atoms with Gasteiger partial charge in [-0.25, -0.2) is 4.98 Å². The fourth-order valence-electron chi connectivity index (χ4n) is 2.24. The Labute approximate surface area is 149 Å². The van der Waals surface area contributed by atoms with Crippen molar-refractivity contribution in [3.63, 3.8) is 0 Å². The zero-order chi connectivity index (χ0) is 17.3. The second-order valence-corrected chi connectivity index (χ2v) is 7.09. The Bertz CT molecular complexity index is 907. The molecule has 3 aromatic rings. The molecule has 0 aliphatic carbocycles.